The van der Waals surface area contributed by atoms with Crippen LogP contribution in [0.25, 0.3) is 0 Å². The lowest BCUT2D eigenvalue weighted by atomic mass is 10.1. The number of benzene rings is 2. The Kier molecular flexibility index (Phi) is 10.9. The first-order valence-electron chi connectivity index (χ1n) is 10.7. The maximum absolute atomic E-state index is 5.49. The molecule has 0 atom stereocenters. The summed E-state index contributed by atoms with van der Waals surface area (Å²) in [6, 6.07) is 12.1. The van der Waals surface area contributed by atoms with E-state index in [4.69, 9.17) is 18.9 Å². The zero-order chi connectivity index (χ0) is 22.9. The van der Waals surface area contributed by atoms with Gasteiger partial charge in [0.25, 0.3) is 0 Å². The van der Waals surface area contributed by atoms with Crippen molar-refractivity contribution in [1.29, 1.82) is 0 Å². The van der Waals surface area contributed by atoms with Gasteiger partial charge in [-0.05, 0) is 35.4 Å². The van der Waals surface area contributed by atoms with Crippen LogP contribution in [0, 0.1) is 0 Å². The van der Waals surface area contributed by atoms with E-state index >= 15 is 0 Å². The van der Waals surface area contributed by atoms with E-state index in [-0.39, 0.29) is 24.0 Å². The largest absolute Gasteiger partial charge is 0.497 e. The Bertz CT molecular complexity index is 875. The van der Waals surface area contributed by atoms with Gasteiger partial charge in [-0.15, -0.1) is 24.0 Å². The number of hydrogen-bond donors (Lipinski definition) is 1. The van der Waals surface area contributed by atoms with Crippen molar-refractivity contribution >= 4 is 29.9 Å². The third-order valence-corrected chi connectivity index (χ3v) is 5.62. The van der Waals surface area contributed by atoms with Gasteiger partial charge in [0.1, 0.15) is 5.75 Å². The van der Waals surface area contributed by atoms with E-state index in [2.05, 4.69) is 32.2 Å². The molecule has 0 aromatic heterocycles. The van der Waals surface area contributed by atoms with Gasteiger partial charge in [-0.2, -0.15) is 0 Å². The van der Waals surface area contributed by atoms with Crippen LogP contribution in [0.4, 0.5) is 0 Å². The van der Waals surface area contributed by atoms with Crippen LogP contribution in [0.3, 0.4) is 0 Å². The van der Waals surface area contributed by atoms with Crippen molar-refractivity contribution in [2.45, 2.75) is 13.1 Å². The molecule has 3 rings (SSSR count). The van der Waals surface area contributed by atoms with Crippen LogP contribution in [0.2, 0.25) is 0 Å². The van der Waals surface area contributed by atoms with E-state index in [1.807, 2.05) is 31.3 Å². The van der Waals surface area contributed by atoms with Gasteiger partial charge in [0.2, 0.25) is 5.75 Å². The number of aliphatic imine (C=N–C) groups is 1. The highest BCUT2D eigenvalue weighted by Crippen LogP contribution is 2.38. The minimum atomic E-state index is 0. The molecule has 1 N–H and O–H groups in total. The molecule has 1 fully saturated rings. The molecular formula is C24H35IN4O4. The molecule has 1 heterocycles. The number of halogens is 1. The molecular weight excluding hydrogens is 535 g/mol. The Morgan fingerprint density at radius 2 is 1.45 bits per heavy atom. The average Bonchev–Trinajstić information content (AvgIpc) is 2.85. The molecule has 1 saturated heterocycles. The summed E-state index contributed by atoms with van der Waals surface area (Å²) >= 11 is 0. The maximum Gasteiger partial charge on any atom is 0.203 e. The third kappa shape index (κ3) is 7.04. The molecule has 33 heavy (non-hydrogen) atoms. The number of nitrogens with one attached hydrogen (secondary N) is 1. The Morgan fingerprint density at radius 3 is 1.94 bits per heavy atom. The van der Waals surface area contributed by atoms with E-state index in [1.165, 1.54) is 5.56 Å². The molecule has 0 amide bonds. The Morgan fingerprint density at radius 1 is 0.848 bits per heavy atom. The summed E-state index contributed by atoms with van der Waals surface area (Å²) in [6.07, 6.45) is 0. The molecule has 2 aromatic carbocycles. The minimum absolute atomic E-state index is 0. The van der Waals surface area contributed by atoms with Gasteiger partial charge in [0, 0.05) is 46.3 Å². The second-order valence-corrected chi connectivity index (χ2v) is 7.55. The molecule has 0 bridgehead atoms. The summed E-state index contributed by atoms with van der Waals surface area (Å²) in [7, 11) is 8.42. The lowest BCUT2D eigenvalue weighted by Crippen LogP contribution is -2.52. The average molecular weight is 570 g/mol. The fraction of sp³-hybridized carbons (Fsp3) is 0.458. The molecule has 0 unspecified atom stereocenters. The predicted octanol–water partition coefficient (Wildman–Crippen LogP) is 3.23. The van der Waals surface area contributed by atoms with Gasteiger partial charge in [-0.25, -0.2) is 0 Å². The fourth-order valence-electron chi connectivity index (χ4n) is 3.86. The zero-order valence-corrected chi connectivity index (χ0v) is 22.4. The van der Waals surface area contributed by atoms with Crippen molar-refractivity contribution in [3.05, 3.63) is 47.5 Å². The molecule has 2 aromatic rings. The van der Waals surface area contributed by atoms with Crippen LogP contribution in [-0.4, -0.2) is 77.4 Å². The van der Waals surface area contributed by atoms with Crippen LogP contribution in [0.1, 0.15) is 11.1 Å². The third-order valence-electron chi connectivity index (χ3n) is 5.62. The first kappa shape index (κ1) is 26.8. The molecule has 0 saturated carbocycles. The van der Waals surface area contributed by atoms with E-state index in [0.29, 0.717) is 17.2 Å². The van der Waals surface area contributed by atoms with Gasteiger partial charge in [-0.3, -0.25) is 9.89 Å². The molecule has 0 spiro atoms. The topological polar surface area (TPSA) is 67.8 Å². The second kappa shape index (κ2) is 13.3. The van der Waals surface area contributed by atoms with Crippen molar-refractivity contribution in [2.75, 3.05) is 61.7 Å². The Hall–Kier alpha value is -2.40. The number of rotatable bonds is 8. The molecule has 1 aliphatic rings. The molecule has 0 aliphatic carbocycles. The highest BCUT2D eigenvalue weighted by atomic mass is 127. The van der Waals surface area contributed by atoms with Crippen LogP contribution in [0.5, 0.6) is 23.0 Å². The van der Waals surface area contributed by atoms with E-state index in [0.717, 1.165) is 56.5 Å². The lowest BCUT2D eigenvalue weighted by molar-refractivity contribution is 0.172. The van der Waals surface area contributed by atoms with Crippen molar-refractivity contribution in [2.24, 2.45) is 4.99 Å². The second-order valence-electron chi connectivity index (χ2n) is 7.55. The maximum atomic E-state index is 5.49. The van der Waals surface area contributed by atoms with E-state index < -0.39 is 0 Å². The number of ether oxygens (including phenoxy) is 4. The van der Waals surface area contributed by atoms with Gasteiger partial charge in [0.05, 0.1) is 28.4 Å². The summed E-state index contributed by atoms with van der Waals surface area (Å²) in [4.78, 5) is 9.20. The molecule has 9 heteroatoms. The van der Waals surface area contributed by atoms with Gasteiger partial charge < -0.3 is 29.2 Å². The van der Waals surface area contributed by atoms with Crippen molar-refractivity contribution < 1.29 is 18.9 Å². The Labute approximate surface area is 213 Å². The first-order chi connectivity index (χ1) is 15.6. The predicted molar refractivity (Wildman–Crippen MR) is 142 cm³/mol. The van der Waals surface area contributed by atoms with Gasteiger partial charge in [-0.1, -0.05) is 12.1 Å². The summed E-state index contributed by atoms with van der Waals surface area (Å²) in [6.45, 7) is 5.25. The number of guanidine groups is 1. The number of nitrogens with zero attached hydrogens (tertiary/aromatic N) is 3. The van der Waals surface area contributed by atoms with E-state index in [1.54, 1.807) is 28.4 Å². The van der Waals surface area contributed by atoms with Gasteiger partial charge >= 0.3 is 0 Å². The number of piperazine rings is 1. The SMILES string of the molecule is CN=C(NCc1ccc(OC)cc1)N1CCN(Cc2cc(OC)c(OC)c(OC)c2)CC1.I. The molecule has 182 valence electrons. The summed E-state index contributed by atoms with van der Waals surface area (Å²) in [5.41, 5.74) is 2.32. The van der Waals surface area contributed by atoms with Crippen molar-refractivity contribution in [3.63, 3.8) is 0 Å². The van der Waals surface area contributed by atoms with Crippen LogP contribution in [-0.2, 0) is 13.1 Å². The molecule has 0 radical (unpaired) electrons. The fourth-order valence-corrected chi connectivity index (χ4v) is 3.86. The first-order valence-corrected chi connectivity index (χ1v) is 10.7. The highest BCUT2D eigenvalue weighted by molar-refractivity contribution is 14.0. The number of methoxy groups -OCH3 is 4. The summed E-state index contributed by atoms with van der Waals surface area (Å²) in [5, 5.41) is 3.47. The van der Waals surface area contributed by atoms with Crippen LogP contribution >= 0.6 is 24.0 Å². The molecule has 8 nitrogen and oxygen atoms in total. The quantitative estimate of drug-likeness (QED) is 0.297. The monoisotopic (exact) mass is 570 g/mol. The lowest BCUT2D eigenvalue weighted by Gasteiger charge is -2.36. The Balaban J connectivity index is 0.00000385. The minimum Gasteiger partial charge on any atom is -0.497 e. The highest BCUT2D eigenvalue weighted by Gasteiger charge is 2.21. The van der Waals surface area contributed by atoms with Crippen molar-refractivity contribution in [3.8, 4) is 23.0 Å². The number of hydrogen-bond acceptors (Lipinski definition) is 6. The van der Waals surface area contributed by atoms with Crippen molar-refractivity contribution in [1.82, 2.24) is 15.1 Å². The van der Waals surface area contributed by atoms with Crippen LogP contribution < -0.4 is 24.3 Å². The van der Waals surface area contributed by atoms with Gasteiger partial charge in [0.15, 0.2) is 17.5 Å². The normalized spacial score (nSPS) is 14.3. The zero-order valence-electron chi connectivity index (χ0n) is 20.1. The molecule has 1 aliphatic heterocycles. The summed E-state index contributed by atoms with van der Waals surface area (Å²) in [5.74, 6) is 3.78. The van der Waals surface area contributed by atoms with Crippen LogP contribution in [0.15, 0.2) is 41.4 Å². The van der Waals surface area contributed by atoms with E-state index in [9.17, 15) is 0 Å². The standard InChI is InChI=1S/C24H34N4O4.HI/c1-25-24(26-16-18-6-8-20(29-2)9-7-18)28-12-10-27(11-13-28)17-19-14-21(30-3)23(32-5)22(15-19)31-4;/h6-9,14-15H,10-13,16-17H2,1-5H3,(H,25,26);1H. The summed E-state index contributed by atoms with van der Waals surface area (Å²) < 4.78 is 21.6. The smallest absolute Gasteiger partial charge is 0.203 e.